The van der Waals surface area contributed by atoms with Gasteiger partial charge in [-0.3, -0.25) is 4.79 Å². The van der Waals surface area contributed by atoms with Gasteiger partial charge in [0.25, 0.3) is 5.91 Å². The zero-order chi connectivity index (χ0) is 24.6. The minimum absolute atomic E-state index is 0.0857. The number of carbonyl (C=O) groups is 1. The molecule has 0 aliphatic heterocycles. The molecule has 0 radical (unpaired) electrons. The van der Waals surface area contributed by atoms with Crippen molar-refractivity contribution in [2.45, 2.75) is 44.6 Å². The molecule has 0 spiro atoms. The number of hydrogen-bond donors (Lipinski definition) is 3. The first kappa shape index (κ1) is 25.4. The Balaban J connectivity index is 1.17. The van der Waals surface area contributed by atoms with Crippen LogP contribution in [0.25, 0.3) is 0 Å². The van der Waals surface area contributed by atoms with Gasteiger partial charge in [0.15, 0.2) is 0 Å². The fraction of sp³-hybridized carbons (Fsp3) is 0.519. The molecule has 4 aliphatic rings. The Morgan fingerprint density at radius 2 is 1.77 bits per heavy atom. The lowest BCUT2D eigenvalue weighted by atomic mass is 9.49. The van der Waals surface area contributed by atoms with Crippen LogP contribution in [0.5, 0.6) is 5.75 Å². The molecule has 0 saturated heterocycles. The van der Waals surface area contributed by atoms with Crippen LogP contribution in [-0.2, 0) is 0 Å². The van der Waals surface area contributed by atoms with Crippen molar-refractivity contribution in [3.05, 3.63) is 55.8 Å². The Hall–Kier alpha value is -1.23. The summed E-state index contributed by atoms with van der Waals surface area (Å²) in [5, 5.41) is 16.9. The van der Waals surface area contributed by atoms with Crippen LogP contribution in [0.3, 0.4) is 0 Å². The van der Waals surface area contributed by atoms with Crippen LogP contribution in [0.1, 0.15) is 48.9 Å². The zero-order valence-corrected chi connectivity index (χ0v) is 23.3. The van der Waals surface area contributed by atoms with E-state index in [-0.39, 0.29) is 18.3 Å². The standard InChI is InChI=1S/C27H31BrFIN2O3/c28-19-8-23(26(34)32-21-3-1-20(29)2-4-21)25(24(30)9-19)35-14-22(33)13-31-15-27-10-16-5-17(11-27)7-18(6-16)12-27/h1-4,8-9,16-18,22,31,33H,5-7,10-15H2,(H,32,34). The minimum atomic E-state index is -0.684. The number of nitrogens with one attached hydrogen (secondary N) is 2. The van der Waals surface area contributed by atoms with Crippen LogP contribution in [0.15, 0.2) is 40.9 Å². The highest BCUT2D eigenvalue weighted by Crippen LogP contribution is 2.59. The van der Waals surface area contributed by atoms with Gasteiger partial charge in [-0.1, -0.05) is 15.9 Å². The third-order valence-corrected chi connectivity index (χ3v) is 9.08. The molecule has 0 heterocycles. The molecule has 2 aromatic carbocycles. The number of hydrogen-bond acceptors (Lipinski definition) is 4. The fourth-order valence-electron chi connectivity index (χ4n) is 6.86. The molecule has 1 amide bonds. The first-order valence-corrected chi connectivity index (χ1v) is 14.2. The van der Waals surface area contributed by atoms with E-state index in [4.69, 9.17) is 4.74 Å². The summed E-state index contributed by atoms with van der Waals surface area (Å²) in [6, 6.07) is 9.16. The van der Waals surface area contributed by atoms with Crippen molar-refractivity contribution in [3.63, 3.8) is 0 Å². The first-order valence-electron chi connectivity index (χ1n) is 12.4. The summed E-state index contributed by atoms with van der Waals surface area (Å²) in [7, 11) is 0. The molecule has 35 heavy (non-hydrogen) atoms. The maximum atomic E-state index is 13.2. The van der Waals surface area contributed by atoms with E-state index in [1.165, 1.54) is 62.8 Å². The number of anilines is 1. The molecule has 4 saturated carbocycles. The molecule has 8 heteroatoms. The largest absolute Gasteiger partial charge is 0.489 e. The van der Waals surface area contributed by atoms with Gasteiger partial charge in [0, 0.05) is 23.2 Å². The van der Waals surface area contributed by atoms with Crippen molar-refractivity contribution >= 4 is 50.1 Å². The van der Waals surface area contributed by atoms with Gasteiger partial charge in [0.1, 0.15) is 24.3 Å². The van der Waals surface area contributed by atoms with Gasteiger partial charge in [0.05, 0.1) is 9.13 Å². The molecule has 2 aromatic rings. The fourth-order valence-corrected chi connectivity index (χ4v) is 8.52. The molecular weight excluding hydrogens is 626 g/mol. The van der Waals surface area contributed by atoms with Crippen LogP contribution in [0, 0.1) is 32.6 Å². The van der Waals surface area contributed by atoms with E-state index in [9.17, 15) is 14.3 Å². The van der Waals surface area contributed by atoms with Crippen molar-refractivity contribution in [1.29, 1.82) is 0 Å². The number of carbonyl (C=O) groups excluding carboxylic acids is 1. The predicted octanol–water partition coefficient (Wildman–Crippen LogP) is 5.99. The quantitative estimate of drug-likeness (QED) is 0.290. The summed E-state index contributed by atoms with van der Waals surface area (Å²) in [5.74, 6) is 2.43. The van der Waals surface area contributed by atoms with Crippen LogP contribution < -0.4 is 15.4 Å². The molecule has 4 fully saturated rings. The summed E-state index contributed by atoms with van der Waals surface area (Å²) in [6.45, 7) is 1.52. The van der Waals surface area contributed by atoms with E-state index in [1.54, 1.807) is 6.07 Å². The second-order valence-electron chi connectivity index (χ2n) is 10.7. The molecular formula is C27H31BrFIN2O3. The third-order valence-electron chi connectivity index (χ3n) is 7.82. The number of benzene rings is 2. The van der Waals surface area contributed by atoms with Gasteiger partial charge >= 0.3 is 0 Å². The number of aliphatic hydroxyl groups is 1. The van der Waals surface area contributed by atoms with Crippen LogP contribution in [0.2, 0.25) is 0 Å². The SMILES string of the molecule is O=C(Nc1ccc(F)cc1)c1cc(Br)cc(I)c1OCC(O)CNCC12CC3CC(CC(C3)C1)C2. The molecule has 0 aromatic heterocycles. The van der Waals surface area contributed by atoms with E-state index >= 15 is 0 Å². The monoisotopic (exact) mass is 656 g/mol. The van der Waals surface area contributed by atoms with E-state index in [0.717, 1.165) is 32.3 Å². The van der Waals surface area contributed by atoms with Gasteiger partial charge in [-0.2, -0.15) is 0 Å². The average molecular weight is 657 g/mol. The molecule has 4 bridgehead atoms. The number of ether oxygens (including phenoxy) is 1. The van der Waals surface area contributed by atoms with Gasteiger partial charge < -0.3 is 20.5 Å². The maximum Gasteiger partial charge on any atom is 0.259 e. The summed E-state index contributed by atoms with van der Waals surface area (Å²) in [6.07, 6.45) is 7.61. The van der Waals surface area contributed by atoms with Crippen molar-refractivity contribution < 1.29 is 19.0 Å². The highest BCUT2D eigenvalue weighted by Gasteiger charge is 2.50. The zero-order valence-electron chi connectivity index (χ0n) is 19.5. The van der Waals surface area contributed by atoms with Gasteiger partial charge in [-0.25, -0.2) is 4.39 Å². The van der Waals surface area contributed by atoms with Gasteiger partial charge in [-0.05, 0) is 121 Å². The van der Waals surface area contributed by atoms with Gasteiger partial charge in [0.2, 0.25) is 0 Å². The molecule has 188 valence electrons. The Labute approximate surface area is 227 Å². The van der Waals surface area contributed by atoms with E-state index in [0.29, 0.717) is 29.0 Å². The average Bonchev–Trinajstić information content (AvgIpc) is 2.78. The van der Waals surface area contributed by atoms with Crippen molar-refractivity contribution in [1.82, 2.24) is 5.32 Å². The summed E-state index contributed by atoms with van der Waals surface area (Å²) in [4.78, 5) is 13.0. The molecule has 1 unspecified atom stereocenters. The number of amides is 1. The van der Waals surface area contributed by atoms with Crippen molar-refractivity contribution in [2.75, 3.05) is 25.0 Å². The Morgan fingerprint density at radius 1 is 1.14 bits per heavy atom. The minimum Gasteiger partial charge on any atom is -0.489 e. The molecule has 3 N–H and O–H groups in total. The second-order valence-corrected chi connectivity index (χ2v) is 12.8. The highest BCUT2D eigenvalue weighted by molar-refractivity contribution is 14.1. The number of aliphatic hydroxyl groups excluding tert-OH is 1. The molecule has 1 atom stereocenters. The van der Waals surface area contributed by atoms with E-state index in [2.05, 4.69) is 49.2 Å². The number of rotatable bonds is 9. The van der Waals surface area contributed by atoms with E-state index < -0.39 is 6.10 Å². The maximum absolute atomic E-state index is 13.2. The highest BCUT2D eigenvalue weighted by atomic mass is 127. The Morgan fingerprint density at radius 3 is 2.40 bits per heavy atom. The lowest BCUT2D eigenvalue weighted by Gasteiger charge is -2.57. The number of halogens is 3. The Kier molecular flexibility index (Phi) is 7.72. The summed E-state index contributed by atoms with van der Waals surface area (Å²) < 4.78 is 20.7. The normalized spacial score (nSPS) is 27.6. The van der Waals surface area contributed by atoms with Crippen molar-refractivity contribution in [2.24, 2.45) is 23.2 Å². The lowest BCUT2D eigenvalue weighted by Crippen LogP contribution is -2.51. The topological polar surface area (TPSA) is 70.6 Å². The molecule has 4 aliphatic carbocycles. The van der Waals surface area contributed by atoms with E-state index in [1.807, 2.05) is 6.07 Å². The van der Waals surface area contributed by atoms with Crippen LogP contribution in [0.4, 0.5) is 10.1 Å². The molecule has 5 nitrogen and oxygen atoms in total. The van der Waals surface area contributed by atoms with Crippen LogP contribution >= 0.6 is 38.5 Å². The Bertz CT molecular complexity index is 1050. The summed E-state index contributed by atoms with van der Waals surface area (Å²) >= 11 is 5.57. The van der Waals surface area contributed by atoms with Crippen LogP contribution in [-0.4, -0.2) is 36.8 Å². The van der Waals surface area contributed by atoms with Gasteiger partial charge in [-0.15, -0.1) is 0 Å². The second kappa shape index (κ2) is 10.6. The first-order chi connectivity index (χ1) is 16.8. The van der Waals surface area contributed by atoms with Crippen molar-refractivity contribution in [3.8, 4) is 5.75 Å². The predicted molar refractivity (Wildman–Crippen MR) is 146 cm³/mol. The molecule has 6 rings (SSSR count). The third kappa shape index (κ3) is 6.02. The lowest BCUT2D eigenvalue weighted by molar-refractivity contribution is -0.0524. The summed E-state index contributed by atoms with van der Waals surface area (Å²) in [5.41, 5.74) is 1.26. The smallest absolute Gasteiger partial charge is 0.259 e.